The van der Waals surface area contributed by atoms with Crippen LogP contribution in [0.2, 0.25) is 0 Å². The van der Waals surface area contributed by atoms with Gasteiger partial charge in [-0.3, -0.25) is 0 Å². The lowest BCUT2D eigenvalue weighted by Gasteiger charge is -2.09. The average molecular weight is 177 g/mol. The van der Waals surface area contributed by atoms with Crippen molar-refractivity contribution in [3.8, 4) is 0 Å². The zero-order valence-corrected chi connectivity index (χ0v) is 8.02. The number of hydrogen-bond acceptors (Lipinski definition) is 2. The maximum Gasteiger partial charge on any atom is 0.107 e. The molecule has 0 unspecified atom stereocenters. The van der Waals surface area contributed by atoms with Gasteiger partial charge in [-0.15, -0.1) is 0 Å². The molecule has 0 aliphatic heterocycles. The van der Waals surface area contributed by atoms with Crippen LogP contribution in [0.3, 0.4) is 0 Å². The molecule has 2 heteroatoms. The van der Waals surface area contributed by atoms with E-state index in [2.05, 4.69) is 6.92 Å². The lowest BCUT2D eigenvalue weighted by Crippen LogP contribution is -2.20. The van der Waals surface area contributed by atoms with E-state index >= 15 is 0 Å². The Balaban J connectivity index is 2.17. The third-order valence-corrected chi connectivity index (χ3v) is 3.38. The quantitative estimate of drug-likeness (QED) is 0.712. The van der Waals surface area contributed by atoms with Crippen molar-refractivity contribution in [2.75, 3.05) is 0 Å². The van der Waals surface area contributed by atoms with E-state index in [9.17, 15) is 0 Å². The number of rotatable bonds is 1. The van der Waals surface area contributed by atoms with Crippen molar-refractivity contribution >= 4 is 0 Å². The fraction of sp³-hybridized carbons (Fsp3) is 0.636. The fourth-order valence-electron chi connectivity index (χ4n) is 2.58. The third kappa shape index (κ3) is 0.923. The summed E-state index contributed by atoms with van der Waals surface area (Å²) in [4.78, 5) is 0. The Morgan fingerprint density at radius 1 is 1.31 bits per heavy atom. The molecule has 2 nitrogen and oxygen atoms in total. The van der Waals surface area contributed by atoms with Gasteiger partial charge in [0.2, 0.25) is 0 Å². The zero-order chi connectivity index (χ0) is 9.05. The van der Waals surface area contributed by atoms with E-state index in [-0.39, 0.29) is 5.54 Å². The van der Waals surface area contributed by atoms with Gasteiger partial charge in [0, 0.05) is 17.5 Å². The van der Waals surface area contributed by atoms with E-state index in [1.807, 2.05) is 0 Å². The molecule has 1 fully saturated rings. The predicted molar refractivity (Wildman–Crippen MR) is 50.6 cm³/mol. The highest BCUT2D eigenvalue weighted by atomic mass is 16.3. The van der Waals surface area contributed by atoms with Crippen molar-refractivity contribution in [3.05, 3.63) is 22.6 Å². The van der Waals surface area contributed by atoms with Crippen LogP contribution in [0.15, 0.2) is 4.42 Å². The second-order valence-corrected chi connectivity index (χ2v) is 4.44. The Labute approximate surface area is 78.1 Å². The van der Waals surface area contributed by atoms with Crippen LogP contribution < -0.4 is 5.73 Å². The Bertz CT molecular complexity index is 360. The van der Waals surface area contributed by atoms with Crippen LogP contribution in [0.5, 0.6) is 0 Å². The summed E-state index contributed by atoms with van der Waals surface area (Å²) in [5, 5.41) is 0. The summed E-state index contributed by atoms with van der Waals surface area (Å²) in [5.74, 6) is 2.29. The minimum Gasteiger partial charge on any atom is -0.466 e. The molecule has 0 spiro atoms. The van der Waals surface area contributed by atoms with Crippen molar-refractivity contribution in [1.29, 1.82) is 0 Å². The van der Waals surface area contributed by atoms with Crippen LogP contribution in [-0.4, -0.2) is 0 Å². The zero-order valence-electron chi connectivity index (χ0n) is 8.02. The highest BCUT2D eigenvalue weighted by Crippen LogP contribution is 2.48. The molecule has 1 aromatic rings. The van der Waals surface area contributed by atoms with Crippen molar-refractivity contribution in [3.63, 3.8) is 0 Å². The Kier molecular flexibility index (Phi) is 1.28. The normalized spacial score (nSPS) is 23.2. The molecule has 1 aromatic heterocycles. The van der Waals surface area contributed by atoms with E-state index in [1.54, 1.807) is 0 Å². The van der Waals surface area contributed by atoms with Gasteiger partial charge in [-0.25, -0.2) is 0 Å². The van der Waals surface area contributed by atoms with Gasteiger partial charge in [0.15, 0.2) is 0 Å². The maximum absolute atomic E-state index is 6.23. The third-order valence-electron chi connectivity index (χ3n) is 3.38. The van der Waals surface area contributed by atoms with Crippen molar-refractivity contribution < 1.29 is 4.42 Å². The molecule has 0 amide bonds. The number of hydrogen-bond donors (Lipinski definition) is 1. The molecule has 70 valence electrons. The van der Waals surface area contributed by atoms with Crippen LogP contribution >= 0.6 is 0 Å². The molecule has 0 bridgehead atoms. The summed E-state index contributed by atoms with van der Waals surface area (Å²) >= 11 is 0. The molecule has 0 radical (unpaired) electrons. The van der Waals surface area contributed by atoms with Gasteiger partial charge in [-0.2, -0.15) is 0 Å². The highest BCUT2D eigenvalue weighted by Gasteiger charge is 2.45. The molecule has 2 N–H and O–H groups in total. The van der Waals surface area contributed by atoms with Crippen LogP contribution in [0.25, 0.3) is 0 Å². The second kappa shape index (κ2) is 2.18. The molecular weight excluding hydrogens is 162 g/mol. The first kappa shape index (κ1) is 7.63. The topological polar surface area (TPSA) is 39.2 Å². The number of furan rings is 1. The minimum absolute atomic E-state index is 0.00843. The summed E-state index contributed by atoms with van der Waals surface area (Å²) < 4.78 is 5.74. The molecule has 0 saturated heterocycles. The Morgan fingerprint density at radius 2 is 2.08 bits per heavy atom. The Morgan fingerprint density at radius 3 is 2.77 bits per heavy atom. The second-order valence-electron chi connectivity index (χ2n) is 4.44. The van der Waals surface area contributed by atoms with E-state index in [0.29, 0.717) is 0 Å². The van der Waals surface area contributed by atoms with Crippen LogP contribution in [-0.2, 0) is 18.4 Å². The largest absolute Gasteiger partial charge is 0.466 e. The summed E-state index contributed by atoms with van der Waals surface area (Å²) in [6, 6.07) is 0. The van der Waals surface area contributed by atoms with Crippen LogP contribution in [0.4, 0.5) is 0 Å². The van der Waals surface area contributed by atoms with Gasteiger partial charge in [0.1, 0.15) is 11.5 Å². The molecule has 0 atom stereocenters. The minimum atomic E-state index is -0.00843. The van der Waals surface area contributed by atoms with Crippen molar-refractivity contribution in [1.82, 2.24) is 0 Å². The molecular formula is C11H15NO. The maximum atomic E-state index is 6.23. The van der Waals surface area contributed by atoms with Crippen molar-refractivity contribution in [2.24, 2.45) is 5.73 Å². The van der Waals surface area contributed by atoms with Crippen LogP contribution in [0, 0.1) is 6.92 Å². The highest BCUT2D eigenvalue weighted by molar-refractivity contribution is 5.44. The summed E-state index contributed by atoms with van der Waals surface area (Å²) in [5.41, 5.74) is 9.01. The SMILES string of the molecule is Cc1oc2c(c1C1(N)CC1)CCC2. The molecule has 3 rings (SSSR count). The van der Waals surface area contributed by atoms with E-state index in [0.717, 1.165) is 25.0 Å². The lowest BCUT2D eigenvalue weighted by molar-refractivity contribution is 0.480. The number of fused-ring (bicyclic) bond motifs is 1. The molecule has 2 aliphatic rings. The lowest BCUT2D eigenvalue weighted by atomic mass is 10.0. The molecule has 1 saturated carbocycles. The number of nitrogens with two attached hydrogens (primary N) is 1. The van der Waals surface area contributed by atoms with Gasteiger partial charge < -0.3 is 10.2 Å². The predicted octanol–water partition coefficient (Wildman–Crippen LogP) is 2.02. The summed E-state index contributed by atoms with van der Waals surface area (Å²) in [7, 11) is 0. The van der Waals surface area contributed by atoms with E-state index < -0.39 is 0 Å². The first-order chi connectivity index (χ1) is 6.21. The fourth-order valence-corrected chi connectivity index (χ4v) is 2.58. The average Bonchev–Trinajstić information content (AvgIpc) is 2.55. The molecule has 0 aromatic carbocycles. The molecule has 2 aliphatic carbocycles. The van der Waals surface area contributed by atoms with Gasteiger partial charge in [-0.05, 0) is 38.2 Å². The van der Waals surface area contributed by atoms with Gasteiger partial charge in [0.25, 0.3) is 0 Å². The van der Waals surface area contributed by atoms with E-state index in [4.69, 9.17) is 10.2 Å². The van der Waals surface area contributed by atoms with Gasteiger partial charge in [-0.1, -0.05) is 0 Å². The standard InChI is InChI=1S/C11H15NO/c1-7-10(11(12)5-6-11)8-3-2-4-9(8)13-7/h2-6,12H2,1H3. The number of aryl methyl sites for hydroxylation is 2. The first-order valence-electron chi connectivity index (χ1n) is 5.11. The molecule has 1 heterocycles. The van der Waals surface area contributed by atoms with E-state index in [1.165, 1.54) is 29.7 Å². The molecule has 13 heavy (non-hydrogen) atoms. The van der Waals surface area contributed by atoms with Gasteiger partial charge >= 0.3 is 0 Å². The Hall–Kier alpha value is -0.760. The van der Waals surface area contributed by atoms with Crippen molar-refractivity contribution in [2.45, 2.75) is 44.6 Å². The monoisotopic (exact) mass is 177 g/mol. The first-order valence-corrected chi connectivity index (χ1v) is 5.11. The van der Waals surface area contributed by atoms with Gasteiger partial charge in [0.05, 0.1) is 0 Å². The summed E-state index contributed by atoms with van der Waals surface area (Å²) in [6.45, 7) is 2.06. The van der Waals surface area contributed by atoms with Crippen LogP contribution in [0.1, 0.15) is 41.9 Å². The summed E-state index contributed by atoms with van der Waals surface area (Å²) in [6.07, 6.45) is 5.82. The smallest absolute Gasteiger partial charge is 0.107 e.